The number of aromatic nitrogens is 3. The van der Waals surface area contributed by atoms with Gasteiger partial charge in [-0.2, -0.15) is 0 Å². The fourth-order valence-electron chi connectivity index (χ4n) is 9.41. The lowest BCUT2D eigenvalue weighted by Crippen LogP contribution is -2.07. The van der Waals surface area contributed by atoms with Gasteiger partial charge < -0.3 is 0 Å². The Hall–Kier alpha value is -7.23. The molecule has 0 saturated carbocycles. The minimum Gasteiger partial charge on any atom is -0.208 e. The van der Waals surface area contributed by atoms with Crippen molar-refractivity contribution in [1.29, 1.82) is 0 Å². The lowest BCUT2D eigenvalue weighted by Gasteiger charge is -2.24. The predicted molar refractivity (Wildman–Crippen MR) is 252 cm³/mol. The molecule has 0 N–H and O–H groups in total. The molecule has 3 heteroatoms. The summed E-state index contributed by atoms with van der Waals surface area (Å²) in [5.41, 5.74) is 13.7. The highest BCUT2D eigenvalue weighted by Gasteiger charge is 2.21. The summed E-state index contributed by atoms with van der Waals surface area (Å²) in [7, 11) is 0. The molecule has 286 valence electrons. The van der Waals surface area contributed by atoms with Gasteiger partial charge >= 0.3 is 0 Å². The molecule has 0 unspecified atom stereocenters. The van der Waals surface area contributed by atoms with Crippen molar-refractivity contribution in [1.82, 2.24) is 15.0 Å². The molecule has 0 fully saturated rings. The first kappa shape index (κ1) is 35.9. The Labute approximate surface area is 351 Å². The van der Waals surface area contributed by atoms with Gasteiger partial charge in [-0.05, 0) is 134 Å². The second-order valence-corrected chi connectivity index (χ2v) is 16.1. The van der Waals surface area contributed by atoms with Crippen LogP contribution in [0.15, 0.2) is 176 Å². The van der Waals surface area contributed by atoms with Crippen LogP contribution in [0, 0.1) is 0 Å². The van der Waals surface area contributed by atoms with Crippen molar-refractivity contribution >= 4 is 44.5 Å². The highest BCUT2D eigenvalue weighted by atomic mass is 15.0. The summed E-state index contributed by atoms with van der Waals surface area (Å²) < 4.78 is 0. The fraction of sp³-hybridized carbons (Fsp3) is 0.105. The Morgan fingerprint density at radius 1 is 0.467 bits per heavy atom. The van der Waals surface area contributed by atoms with Gasteiger partial charge in [0.05, 0.1) is 0 Å². The Morgan fingerprint density at radius 3 is 1.80 bits per heavy atom. The zero-order valence-electron chi connectivity index (χ0n) is 33.5. The van der Waals surface area contributed by atoms with Gasteiger partial charge in [0.2, 0.25) is 0 Å². The number of allylic oxidation sites excluding steroid dienone is 6. The molecular formula is C57H43N3. The second kappa shape index (κ2) is 15.5. The zero-order chi connectivity index (χ0) is 39.8. The largest absolute Gasteiger partial charge is 0.208 e. The van der Waals surface area contributed by atoms with Crippen LogP contribution in [0.5, 0.6) is 0 Å². The molecule has 0 bridgehead atoms. The molecule has 60 heavy (non-hydrogen) atoms. The van der Waals surface area contributed by atoms with E-state index < -0.39 is 0 Å². The monoisotopic (exact) mass is 769 g/mol. The van der Waals surface area contributed by atoms with E-state index in [-0.39, 0.29) is 0 Å². The first-order valence-electron chi connectivity index (χ1n) is 21.2. The normalized spacial score (nSPS) is 13.6. The van der Waals surface area contributed by atoms with E-state index >= 15 is 0 Å². The van der Waals surface area contributed by atoms with E-state index in [0.29, 0.717) is 17.5 Å². The van der Waals surface area contributed by atoms with Crippen LogP contribution in [-0.4, -0.2) is 15.0 Å². The molecule has 0 saturated heterocycles. The Balaban J connectivity index is 0.967. The second-order valence-electron chi connectivity index (χ2n) is 16.1. The summed E-state index contributed by atoms with van der Waals surface area (Å²) in [6.07, 6.45) is 24.3. The standard InChI is InChI=1S/C57H43N3/c1(2-6-17-39-28-29-42-31-30-40-23-15-24-41-32-33-49(39)54(42)53(40)41)5-16-38-34-46(52-37-45-22-11-12-25-48(45)50-26-13-14-27-51(50)52)36-47(35-38)57-59-55(43-18-7-3-8-19-43)58-56(60-57)44-20-9-4-10-21-44/h1-11,14-15,18-24,27-37H,12-13,16-17,25-26H2/b5-1-,6-2-. The third-order valence-electron chi connectivity index (χ3n) is 12.3. The highest BCUT2D eigenvalue weighted by molar-refractivity contribution is 6.23. The Bertz CT molecular complexity index is 3110. The quantitative estimate of drug-likeness (QED) is 0.108. The molecule has 0 spiro atoms. The van der Waals surface area contributed by atoms with Gasteiger partial charge in [0, 0.05) is 16.7 Å². The fourth-order valence-corrected chi connectivity index (χ4v) is 9.41. The van der Waals surface area contributed by atoms with Gasteiger partial charge in [0.15, 0.2) is 17.5 Å². The summed E-state index contributed by atoms with van der Waals surface area (Å²) in [4.78, 5) is 15.3. The summed E-state index contributed by atoms with van der Waals surface area (Å²) >= 11 is 0. The third-order valence-corrected chi connectivity index (χ3v) is 12.3. The number of fused-ring (bicyclic) bond motifs is 3. The average Bonchev–Trinajstić information content (AvgIpc) is 3.32. The molecular weight excluding hydrogens is 727 g/mol. The summed E-state index contributed by atoms with van der Waals surface area (Å²) in [6, 6.07) is 50.1. The van der Waals surface area contributed by atoms with Crippen LogP contribution < -0.4 is 0 Å². The average molecular weight is 770 g/mol. The number of nitrogens with zero attached hydrogens (tertiary/aromatic N) is 3. The van der Waals surface area contributed by atoms with E-state index in [1.54, 1.807) is 0 Å². The molecule has 3 nitrogen and oxygen atoms in total. The Morgan fingerprint density at radius 2 is 1.07 bits per heavy atom. The van der Waals surface area contributed by atoms with Crippen molar-refractivity contribution in [3.63, 3.8) is 0 Å². The molecule has 0 aliphatic heterocycles. The van der Waals surface area contributed by atoms with Crippen LogP contribution >= 0.6 is 0 Å². The SMILES string of the molecule is C1=Cc2cc(-c3cc(C/C=C\C=C/Cc4ccc5ccc6cccc7ccc4c5c67)cc(-c4nc(-c5ccccc5)nc(-c5ccccc5)n4)c3)c3c(c2CC1)CCC=C3. The van der Waals surface area contributed by atoms with E-state index in [1.165, 1.54) is 76.8 Å². The van der Waals surface area contributed by atoms with E-state index in [9.17, 15) is 0 Å². The summed E-state index contributed by atoms with van der Waals surface area (Å²) in [6.45, 7) is 0. The smallest absolute Gasteiger partial charge is 0.164 e. The number of hydrogen-bond acceptors (Lipinski definition) is 3. The van der Waals surface area contributed by atoms with E-state index in [2.05, 4.69) is 152 Å². The summed E-state index contributed by atoms with van der Waals surface area (Å²) in [5.74, 6) is 2.01. The number of hydrogen-bond donors (Lipinski definition) is 0. The van der Waals surface area contributed by atoms with Gasteiger partial charge in [-0.25, -0.2) is 15.0 Å². The van der Waals surface area contributed by atoms with Crippen LogP contribution in [0.3, 0.4) is 0 Å². The minimum atomic E-state index is 0.667. The number of benzene rings is 8. The van der Waals surface area contributed by atoms with Crippen molar-refractivity contribution in [3.8, 4) is 45.3 Å². The van der Waals surface area contributed by atoms with Gasteiger partial charge in [-0.3, -0.25) is 0 Å². The van der Waals surface area contributed by atoms with Crippen LogP contribution in [0.2, 0.25) is 0 Å². The van der Waals surface area contributed by atoms with Crippen LogP contribution in [0.4, 0.5) is 0 Å². The molecule has 0 atom stereocenters. The molecule has 2 aliphatic rings. The lowest BCUT2D eigenvalue weighted by molar-refractivity contribution is 0.906. The predicted octanol–water partition coefficient (Wildman–Crippen LogP) is 14.3. The molecule has 1 aromatic heterocycles. The maximum absolute atomic E-state index is 5.15. The first-order chi connectivity index (χ1) is 29.7. The maximum atomic E-state index is 5.15. The van der Waals surface area contributed by atoms with Crippen molar-refractivity contribution in [2.45, 2.75) is 38.5 Å². The highest BCUT2D eigenvalue weighted by Crippen LogP contribution is 2.40. The molecule has 1 heterocycles. The minimum absolute atomic E-state index is 0.667. The number of rotatable bonds is 9. The lowest BCUT2D eigenvalue weighted by atomic mass is 9.80. The molecule has 0 radical (unpaired) electrons. The van der Waals surface area contributed by atoms with Crippen molar-refractivity contribution in [2.75, 3.05) is 0 Å². The zero-order valence-corrected chi connectivity index (χ0v) is 33.5. The van der Waals surface area contributed by atoms with Crippen molar-refractivity contribution in [3.05, 3.63) is 209 Å². The molecule has 9 aromatic rings. The first-order valence-corrected chi connectivity index (χ1v) is 21.2. The van der Waals surface area contributed by atoms with Gasteiger partial charge in [0.25, 0.3) is 0 Å². The van der Waals surface area contributed by atoms with Crippen LogP contribution in [0.25, 0.3) is 89.8 Å². The van der Waals surface area contributed by atoms with Crippen LogP contribution in [0.1, 0.15) is 46.2 Å². The van der Waals surface area contributed by atoms with Gasteiger partial charge in [-0.15, -0.1) is 0 Å². The van der Waals surface area contributed by atoms with E-state index in [0.717, 1.165) is 55.2 Å². The van der Waals surface area contributed by atoms with Crippen LogP contribution in [-0.2, 0) is 25.7 Å². The van der Waals surface area contributed by atoms with Crippen molar-refractivity contribution in [2.24, 2.45) is 0 Å². The van der Waals surface area contributed by atoms with Gasteiger partial charge in [-0.1, -0.05) is 170 Å². The molecule has 8 aromatic carbocycles. The molecule has 2 aliphatic carbocycles. The molecule has 0 amide bonds. The summed E-state index contributed by atoms with van der Waals surface area (Å²) in [5, 5.41) is 7.99. The molecule has 11 rings (SSSR count). The Kier molecular flexibility index (Phi) is 9.28. The third kappa shape index (κ3) is 6.72. The van der Waals surface area contributed by atoms with E-state index in [4.69, 9.17) is 15.0 Å². The van der Waals surface area contributed by atoms with Gasteiger partial charge in [0.1, 0.15) is 0 Å². The topological polar surface area (TPSA) is 38.7 Å². The maximum Gasteiger partial charge on any atom is 0.164 e. The van der Waals surface area contributed by atoms with Crippen molar-refractivity contribution < 1.29 is 0 Å². The van der Waals surface area contributed by atoms with E-state index in [1.807, 2.05) is 36.4 Å².